The van der Waals surface area contributed by atoms with Crippen LogP contribution in [-0.2, 0) is 6.18 Å². The van der Waals surface area contributed by atoms with E-state index in [-0.39, 0.29) is 39.8 Å². The number of rotatable bonds is 6. The van der Waals surface area contributed by atoms with E-state index in [4.69, 9.17) is 30.2 Å². The molecule has 3 aromatic carbocycles. The molecular weight excluding hydrogens is 489 g/mol. The van der Waals surface area contributed by atoms with E-state index in [1.54, 1.807) is 25.1 Å². The summed E-state index contributed by atoms with van der Waals surface area (Å²) in [4.78, 5) is 25.4. The van der Waals surface area contributed by atoms with Gasteiger partial charge in [0.1, 0.15) is 11.3 Å². The van der Waals surface area contributed by atoms with Gasteiger partial charge in [0.15, 0.2) is 11.5 Å². The maximum atomic E-state index is 13.8. The molecule has 4 rings (SSSR count). The summed E-state index contributed by atoms with van der Waals surface area (Å²) in [5.74, 6) is -3.59. The smallest absolute Gasteiger partial charge is 0.453 e. The van der Waals surface area contributed by atoms with Gasteiger partial charge in [-0.25, -0.2) is 4.79 Å². The summed E-state index contributed by atoms with van der Waals surface area (Å²) >= 11 is 5.98. The number of ether oxygens (including phenoxy) is 3. The molecule has 35 heavy (non-hydrogen) atoms. The van der Waals surface area contributed by atoms with Gasteiger partial charge in [0.25, 0.3) is 5.76 Å². The minimum absolute atomic E-state index is 0.0587. The highest BCUT2D eigenvalue weighted by molar-refractivity contribution is 6.33. The Kier molecular flexibility index (Phi) is 6.70. The van der Waals surface area contributed by atoms with Crippen LogP contribution in [0.1, 0.15) is 23.0 Å². The van der Waals surface area contributed by atoms with Gasteiger partial charge in [0.2, 0.25) is 11.2 Å². The molecule has 0 amide bonds. The maximum Gasteiger partial charge on any atom is 0.453 e. The fourth-order valence-electron chi connectivity index (χ4n) is 3.21. The first kappa shape index (κ1) is 24.2. The zero-order valence-corrected chi connectivity index (χ0v) is 18.8. The number of hydrogen-bond donors (Lipinski definition) is 0. The molecule has 0 unspecified atom stereocenters. The van der Waals surface area contributed by atoms with Gasteiger partial charge in [-0.15, -0.1) is 0 Å². The minimum Gasteiger partial charge on any atom is -0.490 e. The normalized spacial score (nSPS) is 11.3. The van der Waals surface area contributed by atoms with Crippen molar-refractivity contribution in [3.8, 4) is 23.0 Å². The molecule has 0 bridgehead atoms. The van der Waals surface area contributed by atoms with Crippen LogP contribution in [-0.4, -0.2) is 12.6 Å². The van der Waals surface area contributed by atoms with Crippen molar-refractivity contribution in [3.63, 3.8) is 0 Å². The van der Waals surface area contributed by atoms with E-state index in [9.17, 15) is 22.8 Å². The first-order valence-corrected chi connectivity index (χ1v) is 10.6. The van der Waals surface area contributed by atoms with Crippen LogP contribution in [0, 0.1) is 0 Å². The van der Waals surface area contributed by atoms with Crippen molar-refractivity contribution in [3.05, 3.63) is 93.3 Å². The Morgan fingerprint density at radius 1 is 1.00 bits per heavy atom. The monoisotopic (exact) mass is 504 g/mol. The third-order valence-corrected chi connectivity index (χ3v) is 5.07. The summed E-state index contributed by atoms with van der Waals surface area (Å²) in [6, 6.07) is 15.5. The number of carbonyl (C=O) groups is 1. The van der Waals surface area contributed by atoms with Crippen LogP contribution in [0.2, 0.25) is 5.02 Å². The van der Waals surface area contributed by atoms with Crippen LogP contribution >= 0.6 is 11.6 Å². The van der Waals surface area contributed by atoms with E-state index >= 15 is 0 Å². The van der Waals surface area contributed by atoms with Crippen molar-refractivity contribution in [2.45, 2.75) is 13.1 Å². The molecule has 0 N–H and O–H groups in total. The molecule has 4 aromatic rings. The topological polar surface area (TPSA) is 75.0 Å². The molecule has 1 aromatic heterocycles. The predicted molar refractivity (Wildman–Crippen MR) is 122 cm³/mol. The van der Waals surface area contributed by atoms with Crippen LogP contribution < -0.4 is 19.6 Å². The molecule has 0 fully saturated rings. The standard InChI is InChI=1S/C25H16ClF3O6/c1-2-32-18-9-5-6-10-19(18)34-22-21(30)16-12-11-14(13-20(16)35-23(22)25(27,28)29)33-24(31)15-7-3-4-8-17(15)26/h3-13H,2H2,1H3. The lowest BCUT2D eigenvalue weighted by atomic mass is 10.2. The first-order valence-electron chi connectivity index (χ1n) is 10.2. The maximum absolute atomic E-state index is 13.8. The third kappa shape index (κ3) is 5.09. The van der Waals surface area contributed by atoms with E-state index in [0.29, 0.717) is 0 Å². The molecule has 0 radical (unpaired) electrons. The Hall–Kier alpha value is -3.98. The highest BCUT2D eigenvalue weighted by Crippen LogP contribution is 2.40. The molecular formula is C25H16ClF3O6. The van der Waals surface area contributed by atoms with Gasteiger partial charge in [-0.1, -0.05) is 35.9 Å². The van der Waals surface area contributed by atoms with Crippen LogP contribution in [0.4, 0.5) is 13.2 Å². The van der Waals surface area contributed by atoms with Crippen LogP contribution in [0.25, 0.3) is 11.0 Å². The average molecular weight is 505 g/mol. The van der Waals surface area contributed by atoms with E-state index in [1.807, 2.05) is 0 Å². The molecule has 0 atom stereocenters. The predicted octanol–water partition coefficient (Wildman–Crippen LogP) is 6.88. The van der Waals surface area contributed by atoms with Crippen LogP contribution in [0.15, 0.2) is 75.9 Å². The number of esters is 1. The van der Waals surface area contributed by atoms with Crippen molar-refractivity contribution in [2.75, 3.05) is 6.61 Å². The van der Waals surface area contributed by atoms with Gasteiger partial charge in [0, 0.05) is 6.07 Å². The van der Waals surface area contributed by atoms with Gasteiger partial charge in [-0.3, -0.25) is 4.79 Å². The van der Waals surface area contributed by atoms with Crippen molar-refractivity contribution < 1.29 is 36.6 Å². The molecule has 0 saturated heterocycles. The molecule has 0 spiro atoms. The molecule has 0 aliphatic rings. The summed E-state index contributed by atoms with van der Waals surface area (Å²) in [5, 5.41) is -0.0715. The largest absolute Gasteiger partial charge is 0.490 e. The van der Waals surface area contributed by atoms with Gasteiger partial charge < -0.3 is 18.6 Å². The molecule has 0 saturated carbocycles. The van der Waals surface area contributed by atoms with Gasteiger partial charge >= 0.3 is 12.1 Å². The quantitative estimate of drug-likeness (QED) is 0.210. The first-order chi connectivity index (χ1) is 16.7. The fourth-order valence-corrected chi connectivity index (χ4v) is 3.42. The van der Waals surface area contributed by atoms with E-state index in [2.05, 4.69) is 0 Å². The van der Waals surface area contributed by atoms with Crippen LogP contribution in [0.5, 0.6) is 23.0 Å². The zero-order chi connectivity index (χ0) is 25.2. The average Bonchev–Trinajstić information content (AvgIpc) is 2.81. The highest BCUT2D eigenvalue weighted by Gasteiger charge is 2.40. The Labute approximate surface area is 201 Å². The van der Waals surface area contributed by atoms with Crippen molar-refractivity contribution >= 4 is 28.5 Å². The summed E-state index contributed by atoms with van der Waals surface area (Å²) in [7, 11) is 0. The second-order valence-electron chi connectivity index (χ2n) is 7.10. The number of alkyl halides is 3. The van der Waals surface area contributed by atoms with Gasteiger partial charge in [-0.05, 0) is 43.3 Å². The Morgan fingerprint density at radius 3 is 2.37 bits per heavy atom. The lowest BCUT2D eigenvalue weighted by Gasteiger charge is -2.15. The molecule has 0 aliphatic carbocycles. The summed E-state index contributed by atoms with van der Waals surface area (Å²) < 4.78 is 62.5. The Balaban J connectivity index is 1.77. The van der Waals surface area contributed by atoms with E-state index in [1.165, 1.54) is 42.5 Å². The van der Waals surface area contributed by atoms with Gasteiger partial charge in [-0.2, -0.15) is 13.2 Å². The SMILES string of the molecule is CCOc1ccccc1Oc1c(C(F)(F)F)oc2cc(OC(=O)c3ccccc3Cl)ccc2c1=O. The number of fused-ring (bicyclic) bond motifs is 1. The summed E-state index contributed by atoms with van der Waals surface area (Å²) in [6.45, 7) is 1.92. The van der Waals surface area contributed by atoms with Crippen molar-refractivity contribution in [1.82, 2.24) is 0 Å². The van der Waals surface area contributed by atoms with Crippen molar-refractivity contribution in [2.24, 2.45) is 0 Å². The lowest BCUT2D eigenvalue weighted by Crippen LogP contribution is -2.16. The summed E-state index contributed by atoms with van der Waals surface area (Å²) in [5.41, 5.74) is -1.45. The third-order valence-electron chi connectivity index (χ3n) is 4.74. The highest BCUT2D eigenvalue weighted by atomic mass is 35.5. The number of benzene rings is 3. The Morgan fingerprint density at radius 2 is 1.69 bits per heavy atom. The molecule has 10 heteroatoms. The Bertz CT molecular complexity index is 1460. The second kappa shape index (κ2) is 9.71. The summed E-state index contributed by atoms with van der Waals surface area (Å²) in [6.07, 6.45) is -5.06. The number of halogens is 4. The molecule has 1 heterocycles. The van der Waals surface area contributed by atoms with Crippen LogP contribution in [0.3, 0.4) is 0 Å². The molecule has 6 nitrogen and oxygen atoms in total. The number of hydrogen-bond acceptors (Lipinski definition) is 6. The lowest BCUT2D eigenvalue weighted by molar-refractivity contribution is -0.154. The minimum atomic E-state index is -5.06. The number of para-hydroxylation sites is 2. The van der Waals surface area contributed by atoms with E-state index < -0.39 is 34.7 Å². The van der Waals surface area contributed by atoms with Crippen molar-refractivity contribution in [1.29, 1.82) is 0 Å². The number of carbonyl (C=O) groups excluding carboxylic acids is 1. The van der Waals surface area contributed by atoms with Gasteiger partial charge in [0.05, 0.1) is 22.6 Å². The van der Waals surface area contributed by atoms with E-state index in [0.717, 1.165) is 6.07 Å². The second-order valence-corrected chi connectivity index (χ2v) is 7.50. The zero-order valence-electron chi connectivity index (χ0n) is 18.0. The molecule has 0 aliphatic heterocycles. The fraction of sp³-hybridized carbons (Fsp3) is 0.120. The molecule has 180 valence electrons.